The van der Waals surface area contributed by atoms with E-state index in [0.717, 1.165) is 23.3 Å². The Bertz CT molecular complexity index is 884. The number of ether oxygens (including phenoxy) is 1. The lowest BCUT2D eigenvalue weighted by atomic mass is 10.0. The first-order chi connectivity index (χ1) is 12.5. The Morgan fingerprint density at radius 2 is 2.07 bits per heavy atom. The van der Waals surface area contributed by atoms with Crippen molar-refractivity contribution in [1.29, 1.82) is 0 Å². The highest BCUT2D eigenvalue weighted by molar-refractivity contribution is 7.91. The Morgan fingerprint density at radius 3 is 2.70 bits per heavy atom. The van der Waals surface area contributed by atoms with Gasteiger partial charge in [0.25, 0.3) is 10.0 Å². The summed E-state index contributed by atoms with van der Waals surface area (Å²) in [6, 6.07) is 7.62. The molecule has 0 radical (unpaired) electrons. The zero-order valence-corrected chi connectivity index (χ0v) is 17.5. The molecular formula is C17H22ClN3O4S2. The van der Waals surface area contributed by atoms with Gasteiger partial charge in [-0.05, 0) is 17.5 Å². The third-order valence-corrected chi connectivity index (χ3v) is 7.68. The molecule has 7 nitrogen and oxygen atoms in total. The van der Waals surface area contributed by atoms with E-state index in [1.807, 2.05) is 24.3 Å². The van der Waals surface area contributed by atoms with Crippen molar-refractivity contribution in [1.82, 2.24) is 14.6 Å². The molecule has 1 aromatic heterocycles. The summed E-state index contributed by atoms with van der Waals surface area (Å²) >= 11 is 0.935. The lowest BCUT2D eigenvalue weighted by molar-refractivity contribution is 0.0590. The van der Waals surface area contributed by atoms with Crippen molar-refractivity contribution >= 4 is 39.7 Å². The number of thiazole rings is 1. The average Bonchev–Trinajstić information content (AvgIpc) is 3.18. The highest BCUT2D eigenvalue weighted by Gasteiger charge is 2.38. The summed E-state index contributed by atoms with van der Waals surface area (Å²) < 4.78 is 32.6. The van der Waals surface area contributed by atoms with Gasteiger partial charge < -0.3 is 10.1 Å². The molecule has 1 saturated heterocycles. The van der Waals surface area contributed by atoms with E-state index in [1.54, 1.807) is 0 Å². The van der Waals surface area contributed by atoms with E-state index in [2.05, 4.69) is 22.0 Å². The molecule has 1 N–H and O–H groups in total. The second kappa shape index (κ2) is 9.11. The van der Waals surface area contributed by atoms with Crippen LogP contribution in [0.25, 0.3) is 0 Å². The lowest BCUT2D eigenvalue weighted by Gasteiger charge is -2.35. The number of carbonyl (C=O) groups excluding carboxylic acids is 1. The van der Waals surface area contributed by atoms with Crippen LogP contribution in [0.5, 0.6) is 0 Å². The first-order valence-corrected chi connectivity index (χ1v) is 10.6. The number of halogens is 1. The highest BCUT2D eigenvalue weighted by atomic mass is 35.5. The molecule has 2 aromatic rings. The van der Waals surface area contributed by atoms with Gasteiger partial charge in [-0.2, -0.15) is 4.31 Å². The SMILES string of the molecule is CCc1ccc(C2CNCCN2S(=O)(=O)c2scnc2C(=O)OC)cc1.Cl. The van der Waals surface area contributed by atoms with Crippen LogP contribution < -0.4 is 5.32 Å². The summed E-state index contributed by atoms with van der Waals surface area (Å²) in [5.74, 6) is -0.746. The number of aromatic nitrogens is 1. The second-order valence-corrected chi connectivity index (χ2v) is 8.85. The van der Waals surface area contributed by atoms with E-state index in [4.69, 9.17) is 0 Å². The Hall–Kier alpha value is -1.52. The minimum Gasteiger partial charge on any atom is -0.464 e. The van der Waals surface area contributed by atoms with Gasteiger partial charge in [0.05, 0.1) is 18.7 Å². The van der Waals surface area contributed by atoms with Crippen LogP contribution in [0.2, 0.25) is 0 Å². The van der Waals surface area contributed by atoms with Crippen molar-refractivity contribution in [2.45, 2.75) is 23.6 Å². The van der Waals surface area contributed by atoms with Crippen molar-refractivity contribution in [2.75, 3.05) is 26.7 Å². The van der Waals surface area contributed by atoms with Gasteiger partial charge in [-0.3, -0.25) is 0 Å². The van der Waals surface area contributed by atoms with E-state index < -0.39 is 16.0 Å². The molecule has 3 rings (SSSR count). The topological polar surface area (TPSA) is 88.6 Å². The number of piperazine rings is 1. The summed E-state index contributed by atoms with van der Waals surface area (Å²) in [5.41, 5.74) is 3.31. The zero-order valence-electron chi connectivity index (χ0n) is 15.0. The predicted octanol–water partition coefficient (Wildman–Crippen LogP) is 2.25. The molecule has 1 aliphatic heterocycles. The number of nitrogens with one attached hydrogen (secondary N) is 1. The van der Waals surface area contributed by atoms with Gasteiger partial charge in [-0.15, -0.1) is 23.7 Å². The number of esters is 1. The Labute approximate surface area is 169 Å². The molecule has 0 aliphatic carbocycles. The predicted molar refractivity (Wildman–Crippen MR) is 106 cm³/mol. The van der Waals surface area contributed by atoms with Crippen LogP contribution >= 0.6 is 23.7 Å². The Kier molecular flexibility index (Phi) is 7.35. The number of methoxy groups -OCH3 is 1. The molecule has 0 saturated carbocycles. The number of rotatable bonds is 5. The molecule has 0 bridgehead atoms. The number of benzene rings is 1. The number of sulfonamides is 1. The van der Waals surface area contributed by atoms with E-state index in [1.165, 1.54) is 22.5 Å². The van der Waals surface area contributed by atoms with Gasteiger partial charge in [0.15, 0.2) is 9.90 Å². The minimum atomic E-state index is -3.87. The van der Waals surface area contributed by atoms with Crippen molar-refractivity contribution in [2.24, 2.45) is 0 Å². The Balaban J connectivity index is 0.00000261. The maximum atomic E-state index is 13.3. The third-order valence-electron chi connectivity index (χ3n) is 4.42. The molecule has 27 heavy (non-hydrogen) atoms. The molecular weight excluding hydrogens is 410 g/mol. The summed E-state index contributed by atoms with van der Waals surface area (Å²) in [4.78, 5) is 15.8. The van der Waals surface area contributed by atoms with Crippen molar-refractivity contribution < 1.29 is 17.9 Å². The summed E-state index contributed by atoms with van der Waals surface area (Å²) in [5, 5.41) is 3.25. The van der Waals surface area contributed by atoms with Crippen LogP contribution in [0.15, 0.2) is 34.0 Å². The maximum Gasteiger partial charge on any atom is 0.358 e. The van der Waals surface area contributed by atoms with Gasteiger partial charge in [0.1, 0.15) is 0 Å². The maximum absolute atomic E-state index is 13.3. The fourth-order valence-electron chi connectivity index (χ4n) is 2.99. The molecule has 1 atom stereocenters. The van der Waals surface area contributed by atoms with Crippen LogP contribution in [0, 0.1) is 0 Å². The number of nitrogens with zero attached hydrogens (tertiary/aromatic N) is 2. The van der Waals surface area contributed by atoms with Crippen molar-refractivity contribution in [3.05, 3.63) is 46.6 Å². The molecule has 0 spiro atoms. The molecule has 1 aromatic carbocycles. The van der Waals surface area contributed by atoms with Crippen molar-refractivity contribution in [3.63, 3.8) is 0 Å². The van der Waals surface area contributed by atoms with Gasteiger partial charge in [0.2, 0.25) is 0 Å². The zero-order chi connectivity index (χ0) is 18.7. The van der Waals surface area contributed by atoms with Crippen molar-refractivity contribution in [3.8, 4) is 0 Å². The fraction of sp³-hybridized carbons (Fsp3) is 0.412. The fourth-order valence-corrected chi connectivity index (χ4v) is 5.85. The quantitative estimate of drug-likeness (QED) is 0.730. The number of hydrogen-bond acceptors (Lipinski definition) is 7. The largest absolute Gasteiger partial charge is 0.464 e. The number of hydrogen-bond donors (Lipinski definition) is 1. The second-order valence-electron chi connectivity index (χ2n) is 5.91. The summed E-state index contributed by atoms with van der Waals surface area (Å²) in [6.45, 7) is 3.46. The number of carbonyl (C=O) groups is 1. The summed E-state index contributed by atoms with van der Waals surface area (Å²) in [7, 11) is -2.66. The molecule has 10 heteroatoms. The smallest absolute Gasteiger partial charge is 0.358 e. The third kappa shape index (κ3) is 4.33. The highest BCUT2D eigenvalue weighted by Crippen LogP contribution is 2.32. The van der Waals surface area contributed by atoms with Gasteiger partial charge in [-0.1, -0.05) is 31.2 Å². The van der Waals surface area contributed by atoms with Crippen LogP contribution in [0.3, 0.4) is 0 Å². The average molecular weight is 432 g/mol. The van der Waals surface area contributed by atoms with E-state index in [-0.39, 0.29) is 28.4 Å². The molecule has 0 amide bonds. The van der Waals surface area contributed by atoms with Gasteiger partial charge in [-0.25, -0.2) is 18.2 Å². The molecule has 2 heterocycles. The van der Waals surface area contributed by atoms with Gasteiger partial charge in [0, 0.05) is 19.6 Å². The molecule has 1 unspecified atom stereocenters. The van der Waals surface area contributed by atoms with Crippen LogP contribution in [0.4, 0.5) is 0 Å². The number of aryl methyl sites for hydroxylation is 1. The first-order valence-electron chi connectivity index (χ1n) is 8.32. The van der Waals surface area contributed by atoms with Crippen LogP contribution in [-0.2, 0) is 21.2 Å². The monoisotopic (exact) mass is 431 g/mol. The van der Waals surface area contributed by atoms with Crippen LogP contribution in [0.1, 0.15) is 34.6 Å². The molecule has 1 aliphatic rings. The molecule has 1 fully saturated rings. The van der Waals surface area contributed by atoms with E-state index in [9.17, 15) is 13.2 Å². The standard InChI is InChI=1S/C17H21N3O4S2.ClH/c1-3-12-4-6-13(7-5-12)14-10-18-8-9-20(14)26(22,23)17-15(16(21)24-2)19-11-25-17;/h4-7,11,14,18H,3,8-10H2,1-2H3;1H. The minimum absolute atomic E-state index is 0. The normalized spacial score (nSPS) is 17.9. The molecule has 148 valence electrons. The van der Waals surface area contributed by atoms with E-state index >= 15 is 0 Å². The van der Waals surface area contributed by atoms with Crippen LogP contribution in [-0.4, -0.2) is 50.4 Å². The first kappa shape index (κ1) is 21.8. The lowest BCUT2D eigenvalue weighted by Crippen LogP contribution is -2.48. The van der Waals surface area contributed by atoms with Gasteiger partial charge >= 0.3 is 5.97 Å². The summed E-state index contributed by atoms with van der Waals surface area (Å²) in [6.07, 6.45) is 0.925. The Morgan fingerprint density at radius 1 is 1.37 bits per heavy atom. The van der Waals surface area contributed by atoms with E-state index in [0.29, 0.717) is 19.6 Å².